The highest BCUT2D eigenvalue weighted by Crippen LogP contribution is 2.26. The summed E-state index contributed by atoms with van der Waals surface area (Å²) < 4.78 is 15.6. The minimum atomic E-state index is -0.471. The molecule has 0 unspecified atom stereocenters. The largest absolute Gasteiger partial charge is 0.296 e. The molecule has 0 spiro atoms. The van der Waals surface area contributed by atoms with E-state index in [9.17, 15) is 4.39 Å². The summed E-state index contributed by atoms with van der Waals surface area (Å²) in [6, 6.07) is 10.1. The maximum absolute atomic E-state index is 13.7. The zero-order chi connectivity index (χ0) is 15.0. The minimum Gasteiger partial charge on any atom is -0.296 e. The maximum Gasteiger partial charge on any atom is 0.143 e. The van der Waals surface area contributed by atoms with E-state index in [-0.39, 0.29) is 5.02 Å². The van der Waals surface area contributed by atoms with Gasteiger partial charge in [-0.2, -0.15) is 0 Å². The van der Waals surface area contributed by atoms with Crippen molar-refractivity contribution in [2.24, 2.45) is 0 Å². The van der Waals surface area contributed by atoms with Crippen LogP contribution >= 0.6 is 34.8 Å². The summed E-state index contributed by atoms with van der Waals surface area (Å²) >= 11 is 17.6. The number of hydrogen-bond donors (Lipinski definition) is 0. The number of aromatic nitrogens is 2. The molecule has 2 aromatic carbocycles. The molecule has 2 nitrogen and oxygen atoms in total. The predicted octanol–water partition coefficient (Wildman–Crippen LogP) is 5.25. The highest BCUT2D eigenvalue weighted by Gasteiger charge is 2.13. The molecule has 0 radical (unpaired) electrons. The van der Waals surface area contributed by atoms with E-state index >= 15 is 0 Å². The highest BCUT2D eigenvalue weighted by atomic mass is 35.5. The second kappa shape index (κ2) is 5.84. The van der Waals surface area contributed by atoms with Crippen LogP contribution in [0.15, 0.2) is 36.4 Å². The summed E-state index contributed by atoms with van der Waals surface area (Å²) in [7, 11) is 0. The van der Waals surface area contributed by atoms with Crippen LogP contribution in [0.4, 0.5) is 4.39 Å². The van der Waals surface area contributed by atoms with Crippen molar-refractivity contribution in [2.45, 2.75) is 6.42 Å². The van der Waals surface area contributed by atoms with Gasteiger partial charge in [-0.3, -0.25) is 4.57 Å². The van der Waals surface area contributed by atoms with E-state index in [4.69, 9.17) is 34.8 Å². The first kappa shape index (κ1) is 14.6. The summed E-state index contributed by atoms with van der Waals surface area (Å²) in [6.07, 6.45) is 0.568. The van der Waals surface area contributed by atoms with Crippen LogP contribution in [0.1, 0.15) is 5.82 Å². The zero-order valence-corrected chi connectivity index (χ0v) is 13.1. The highest BCUT2D eigenvalue weighted by molar-refractivity contribution is 6.31. The summed E-state index contributed by atoms with van der Waals surface area (Å²) in [5, 5.41) is 0.692. The SMILES string of the molecule is Fc1cc(-n2c(CCCl)nc3cc(Cl)ccc32)ccc1Cl. The normalized spacial score (nSPS) is 11.2. The van der Waals surface area contributed by atoms with E-state index in [0.29, 0.717) is 23.0 Å². The van der Waals surface area contributed by atoms with Gasteiger partial charge in [-0.1, -0.05) is 23.2 Å². The first-order valence-electron chi connectivity index (χ1n) is 6.28. The summed E-state index contributed by atoms with van der Waals surface area (Å²) in [5.41, 5.74) is 2.25. The van der Waals surface area contributed by atoms with Crippen molar-refractivity contribution >= 4 is 45.8 Å². The number of aryl methyl sites for hydroxylation is 1. The molecule has 0 aliphatic carbocycles. The molecule has 0 aliphatic rings. The molecule has 21 heavy (non-hydrogen) atoms. The van der Waals surface area contributed by atoms with Gasteiger partial charge in [0.15, 0.2) is 0 Å². The van der Waals surface area contributed by atoms with Crippen LogP contribution in [-0.2, 0) is 6.42 Å². The number of nitrogens with zero attached hydrogens (tertiary/aromatic N) is 2. The topological polar surface area (TPSA) is 17.8 Å². The fourth-order valence-electron chi connectivity index (χ4n) is 2.27. The molecule has 0 amide bonds. The van der Waals surface area contributed by atoms with Gasteiger partial charge in [0, 0.05) is 17.3 Å². The first-order valence-corrected chi connectivity index (χ1v) is 7.57. The van der Waals surface area contributed by atoms with Gasteiger partial charge in [0.05, 0.1) is 21.7 Å². The molecule has 0 fully saturated rings. The average molecular weight is 344 g/mol. The van der Waals surface area contributed by atoms with E-state index in [1.54, 1.807) is 18.2 Å². The van der Waals surface area contributed by atoms with Gasteiger partial charge in [-0.15, -0.1) is 11.6 Å². The average Bonchev–Trinajstić information content (AvgIpc) is 2.79. The molecule has 1 aromatic heterocycles. The quantitative estimate of drug-likeness (QED) is 0.594. The van der Waals surface area contributed by atoms with E-state index in [2.05, 4.69) is 4.98 Å². The maximum atomic E-state index is 13.7. The predicted molar refractivity (Wildman–Crippen MR) is 85.5 cm³/mol. The molecule has 0 bridgehead atoms. The molecule has 0 saturated heterocycles. The van der Waals surface area contributed by atoms with Crippen molar-refractivity contribution in [1.82, 2.24) is 9.55 Å². The standard InChI is InChI=1S/C15H10Cl3FN2/c16-6-5-15-20-13-7-9(17)1-4-14(13)21(15)10-2-3-11(18)12(19)8-10/h1-4,7-8H,5-6H2. The molecule has 0 N–H and O–H groups in total. The lowest BCUT2D eigenvalue weighted by Crippen LogP contribution is -2.02. The van der Waals surface area contributed by atoms with Gasteiger partial charge in [0.2, 0.25) is 0 Å². The molecule has 108 valence electrons. The van der Waals surface area contributed by atoms with E-state index in [1.807, 2.05) is 10.6 Å². The van der Waals surface area contributed by atoms with Crippen molar-refractivity contribution in [3.05, 3.63) is 58.1 Å². The number of halogens is 4. The molecule has 0 atom stereocenters. The Hall–Kier alpha value is -1.29. The third-order valence-electron chi connectivity index (χ3n) is 3.17. The van der Waals surface area contributed by atoms with Crippen LogP contribution in [-0.4, -0.2) is 15.4 Å². The second-order valence-electron chi connectivity index (χ2n) is 4.53. The lowest BCUT2D eigenvalue weighted by atomic mass is 10.2. The van der Waals surface area contributed by atoms with E-state index in [1.165, 1.54) is 12.1 Å². The summed E-state index contributed by atoms with van der Waals surface area (Å²) in [5.74, 6) is 0.707. The monoisotopic (exact) mass is 342 g/mol. The Morgan fingerprint density at radius 3 is 2.62 bits per heavy atom. The minimum absolute atomic E-state index is 0.0881. The lowest BCUT2D eigenvalue weighted by molar-refractivity contribution is 0.627. The number of fused-ring (bicyclic) bond motifs is 1. The van der Waals surface area contributed by atoms with Gasteiger partial charge in [-0.05, 0) is 36.4 Å². The molecule has 6 heteroatoms. The van der Waals surface area contributed by atoms with Gasteiger partial charge in [0.25, 0.3) is 0 Å². The fourth-order valence-corrected chi connectivity index (χ4v) is 2.72. The molecule has 1 heterocycles. The van der Waals surface area contributed by atoms with Crippen LogP contribution in [0, 0.1) is 5.82 Å². The van der Waals surface area contributed by atoms with Crippen molar-refractivity contribution in [3.8, 4) is 5.69 Å². The molecule has 0 aliphatic heterocycles. The van der Waals surface area contributed by atoms with E-state index in [0.717, 1.165) is 16.9 Å². The van der Waals surface area contributed by atoms with Crippen molar-refractivity contribution in [2.75, 3.05) is 5.88 Å². The number of benzene rings is 2. The molecular weight excluding hydrogens is 334 g/mol. The van der Waals surface area contributed by atoms with Crippen LogP contribution in [0.25, 0.3) is 16.7 Å². The summed E-state index contributed by atoms with van der Waals surface area (Å²) in [6.45, 7) is 0. The zero-order valence-electron chi connectivity index (χ0n) is 10.8. The Morgan fingerprint density at radius 2 is 1.90 bits per heavy atom. The van der Waals surface area contributed by atoms with Crippen LogP contribution in [0.3, 0.4) is 0 Å². The number of rotatable bonds is 3. The number of imidazole rings is 1. The fraction of sp³-hybridized carbons (Fsp3) is 0.133. The third kappa shape index (κ3) is 2.73. The van der Waals surface area contributed by atoms with E-state index < -0.39 is 5.82 Å². The Kier molecular flexibility index (Phi) is 4.07. The lowest BCUT2D eigenvalue weighted by Gasteiger charge is -2.09. The number of alkyl halides is 1. The van der Waals surface area contributed by atoms with Crippen LogP contribution < -0.4 is 0 Å². The summed E-state index contributed by atoms with van der Waals surface area (Å²) in [4.78, 5) is 4.53. The first-order chi connectivity index (χ1) is 10.1. The van der Waals surface area contributed by atoms with Gasteiger partial charge >= 0.3 is 0 Å². The Labute approximate surface area is 136 Å². The Morgan fingerprint density at radius 1 is 1.10 bits per heavy atom. The third-order valence-corrected chi connectivity index (χ3v) is 3.90. The second-order valence-corrected chi connectivity index (χ2v) is 5.76. The van der Waals surface area contributed by atoms with Gasteiger partial charge in [0.1, 0.15) is 11.6 Å². The van der Waals surface area contributed by atoms with Crippen LogP contribution in [0.5, 0.6) is 0 Å². The van der Waals surface area contributed by atoms with Crippen molar-refractivity contribution in [3.63, 3.8) is 0 Å². The van der Waals surface area contributed by atoms with Gasteiger partial charge in [-0.25, -0.2) is 9.37 Å². The van der Waals surface area contributed by atoms with Crippen molar-refractivity contribution in [1.29, 1.82) is 0 Å². The number of hydrogen-bond acceptors (Lipinski definition) is 1. The van der Waals surface area contributed by atoms with Crippen LogP contribution in [0.2, 0.25) is 10.0 Å². The van der Waals surface area contributed by atoms with Crippen molar-refractivity contribution < 1.29 is 4.39 Å². The molecule has 3 rings (SSSR count). The Bertz CT molecular complexity index is 814. The Balaban J connectivity index is 2.27. The molecule has 3 aromatic rings. The van der Waals surface area contributed by atoms with Gasteiger partial charge < -0.3 is 0 Å². The smallest absolute Gasteiger partial charge is 0.143 e. The molecule has 0 saturated carbocycles. The molecular formula is C15H10Cl3FN2.